The van der Waals surface area contributed by atoms with Crippen LogP contribution < -0.4 is 5.32 Å². The molecule has 2 rings (SSSR count). The average Bonchev–Trinajstić information content (AvgIpc) is 2.57. The SMILES string of the molecule is O=C(COC(=O)c1cc(F)c(F)cc1Cl)NCCC1=CCCCC1. The van der Waals surface area contributed by atoms with E-state index < -0.39 is 30.1 Å². The van der Waals surface area contributed by atoms with E-state index in [0.717, 1.165) is 19.3 Å². The molecule has 0 unspecified atom stereocenters. The maximum absolute atomic E-state index is 13.1. The lowest BCUT2D eigenvalue weighted by atomic mass is 9.97. The summed E-state index contributed by atoms with van der Waals surface area (Å²) in [6, 6.07) is 1.33. The Morgan fingerprint density at radius 2 is 1.96 bits per heavy atom. The molecule has 1 aliphatic carbocycles. The van der Waals surface area contributed by atoms with Gasteiger partial charge in [0.25, 0.3) is 5.91 Å². The number of benzene rings is 1. The summed E-state index contributed by atoms with van der Waals surface area (Å²) >= 11 is 5.67. The Labute approximate surface area is 143 Å². The quantitative estimate of drug-likeness (QED) is 0.479. The number of ether oxygens (including phenoxy) is 1. The van der Waals surface area contributed by atoms with Crippen LogP contribution in [0, 0.1) is 11.6 Å². The number of rotatable bonds is 6. The second-order valence-electron chi connectivity index (χ2n) is 5.53. The van der Waals surface area contributed by atoms with Crippen LogP contribution in [0.3, 0.4) is 0 Å². The number of amides is 1. The lowest BCUT2D eigenvalue weighted by Crippen LogP contribution is -2.30. The Morgan fingerprint density at radius 3 is 2.67 bits per heavy atom. The standard InChI is InChI=1S/C17H18ClF2NO3/c18-13-9-15(20)14(19)8-12(13)17(23)24-10-16(22)21-7-6-11-4-2-1-3-5-11/h4,8-9H,1-3,5-7,10H2,(H,21,22). The van der Waals surface area contributed by atoms with Gasteiger partial charge in [0.2, 0.25) is 0 Å². The molecule has 0 aromatic heterocycles. The minimum absolute atomic E-state index is 0.274. The molecule has 1 aliphatic rings. The van der Waals surface area contributed by atoms with Crippen molar-refractivity contribution in [2.75, 3.05) is 13.2 Å². The average molecular weight is 358 g/mol. The van der Waals surface area contributed by atoms with E-state index in [1.165, 1.54) is 18.4 Å². The highest BCUT2D eigenvalue weighted by Crippen LogP contribution is 2.21. The first-order valence-corrected chi connectivity index (χ1v) is 8.11. The van der Waals surface area contributed by atoms with Crippen molar-refractivity contribution in [3.05, 3.63) is 46.0 Å². The monoisotopic (exact) mass is 357 g/mol. The zero-order valence-electron chi connectivity index (χ0n) is 13.0. The zero-order valence-corrected chi connectivity index (χ0v) is 13.8. The van der Waals surface area contributed by atoms with Gasteiger partial charge in [-0.05, 0) is 44.2 Å². The summed E-state index contributed by atoms with van der Waals surface area (Å²) < 4.78 is 30.9. The Balaban J connectivity index is 1.76. The van der Waals surface area contributed by atoms with Crippen LogP contribution in [0.1, 0.15) is 42.5 Å². The Bertz CT molecular complexity index is 661. The number of hydrogen-bond acceptors (Lipinski definition) is 3. The molecule has 0 radical (unpaired) electrons. The third kappa shape index (κ3) is 5.30. The van der Waals surface area contributed by atoms with Gasteiger partial charge >= 0.3 is 5.97 Å². The third-order valence-electron chi connectivity index (χ3n) is 3.72. The molecule has 4 nitrogen and oxygen atoms in total. The summed E-state index contributed by atoms with van der Waals surface area (Å²) in [5.74, 6) is -3.81. The maximum Gasteiger partial charge on any atom is 0.340 e. The topological polar surface area (TPSA) is 55.4 Å². The Morgan fingerprint density at radius 1 is 1.21 bits per heavy atom. The molecule has 24 heavy (non-hydrogen) atoms. The van der Waals surface area contributed by atoms with Gasteiger partial charge in [-0.25, -0.2) is 13.6 Å². The molecule has 1 N–H and O–H groups in total. The first-order valence-electron chi connectivity index (χ1n) is 7.73. The first kappa shape index (κ1) is 18.4. The van der Waals surface area contributed by atoms with E-state index in [-0.39, 0.29) is 10.6 Å². The van der Waals surface area contributed by atoms with E-state index in [1.54, 1.807) is 0 Å². The Hall–Kier alpha value is -1.95. The van der Waals surface area contributed by atoms with Crippen molar-refractivity contribution in [2.45, 2.75) is 32.1 Å². The number of esters is 1. The van der Waals surface area contributed by atoms with Gasteiger partial charge in [-0.3, -0.25) is 4.79 Å². The van der Waals surface area contributed by atoms with Gasteiger partial charge in [0.15, 0.2) is 18.2 Å². The molecule has 0 atom stereocenters. The highest BCUT2D eigenvalue weighted by atomic mass is 35.5. The van der Waals surface area contributed by atoms with E-state index in [9.17, 15) is 18.4 Å². The largest absolute Gasteiger partial charge is 0.452 e. The number of halogens is 3. The summed E-state index contributed by atoms with van der Waals surface area (Å²) in [4.78, 5) is 23.4. The molecular formula is C17H18ClF2NO3. The van der Waals surface area contributed by atoms with Gasteiger partial charge in [0, 0.05) is 6.54 Å². The lowest BCUT2D eigenvalue weighted by molar-refractivity contribution is -0.124. The van der Waals surface area contributed by atoms with Crippen LogP contribution in [-0.4, -0.2) is 25.0 Å². The van der Waals surface area contributed by atoms with E-state index in [1.807, 2.05) is 0 Å². The molecule has 0 aliphatic heterocycles. The molecule has 0 fully saturated rings. The van der Waals surface area contributed by atoms with Crippen LogP contribution in [0.4, 0.5) is 8.78 Å². The van der Waals surface area contributed by atoms with Gasteiger partial charge in [-0.1, -0.05) is 23.3 Å². The lowest BCUT2D eigenvalue weighted by Gasteiger charge is -2.13. The molecular weight excluding hydrogens is 340 g/mol. The summed E-state index contributed by atoms with van der Waals surface area (Å²) in [6.45, 7) is -0.0403. The van der Waals surface area contributed by atoms with E-state index in [0.29, 0.717) is 18.7 Å². The van der Waals surface area contributed by atoms with Crippen LogP contribution in [0.25, 0.3) is 0 Å². The molecule has 0 saturated carbocycles. The van der Waals surface area contributed by atoms with Crippen LogP contribution in [-0.2, 0) is 9.53 Å². The van der Waals surface area contributed by atoms with Crippen LogP contribution >= 0.6 is 11.6 Å². The number of allylic oxidation sites excluding steroid dienone is 1. The van der Waals surface area contributed by atoms with Gasteiger partial charge in [-0.15, -0.1) is 0 Å². The van der Waals surface area contributed by atoms with Crippen molar-refractivity contribution >= 4 is 23.5 Å². The fourth-order valence-corrected chi connectivity index (χ4v) is 2.66. The predicted molar refractivity (Wildman–Crippen MR) is 85.8 cm³/mol. The molecule has 130 valence electrons. The van der Waals surface area contributed by atoms with Gasteiger partial charge in [-0.2, -0.15) is 0 Å². The molecule has 0 bridgehead atoms. The van der Waals surface area contributed by atoms with E-state index in [2.05, 4.69) is 11.4 Å². The van der Waals surface area contributed by atoms with Crippen molar-refractivity contribution in [3.8, 4) is 0 Å². The van der Waals surface area contributed by atoms with Crippen molar-refractivity contribution in [2.24, 2.45) is 0 Å². The maximum atomic E-state index is 13.1. The summed E-state index contributed by atoms with van der Waals surface area (Å²) in [6.07, 6.45) is 7.48. The molecule has 7 heteroatoms. The van der Waals surface area contributed by atoms with Crippen LogP contribution in [0.15, 0.2) is 23.8 Å². The molecule has 1 aromatic rings. The molecule has 0 saturated heterocycles. The van der Waals surface area contributed by atoms with Crippen molar-refractivity contribution in [3.63, 3.8) is 0 Å². The number of carbonyl (C=O) groups excluding carboxylic acids is 2. The molecule has 0 heterocycles. The van der Waals surface area contributed by atoms with Gasteiger partial charge in [0.1, 0.15) is 0 Å². The van der Waals surface area contributed by atoms with Gasteiger partial charge in [0.05, 0.1) is 10.6 Å². The highest BCUT2D eigenvalue weighted by Gasteiger charge is 2.17. The second-order valence-corrected chi connectivity index (χ2v) is 5.94. The summed E-state index contributed by atoms with van der Waals surface area (Å²) in [5.41, 5.74) is 1.00. The van der Waals surface area contributed by atoms with Crippen molar-refractivity contribution < 1.29 is 23.1 Å². The van der Waals surface area contributed by atoms with Gasteiger partial charge < -0.3 is 10.1 Å². The second kappa shape index (κ2) is 8.78. The smallest absolute Gasteiger partial charge is 0.340 e. The highest BCUT2D eigenvalue weighted by molar-refractivity contribution is 6.33. The van der Waals surface area contributed by atoms with E-state index >= 15 is 0 Å². The fraction of sp³-hybridized carbons (Fsp3) is 0.412. The number of hydrogen-bond donors (Lipinski definition) is 1. The van der Waals surface area contributed by atoms with Crippen LogP contribution in [0.5, 0.6) is 0 Å². The zero-order chi connectivity index (χ0) is 17.5. The Kier molecular flexibility index (Phi) is 6.73. The van der Waals surface area contributed by atoms with E-state index in [4.69, 9.17) is 16.3 Å². The fourth-order valence-electron chi connectivity index (χ4n) is 2.43. The summed E-state index contributed by atoms with van der Waals surface area (Å²) in [7, 11) is 0. The summed E-state index contributed by atoms with van der Waals surface area (Å²) in [5, 5.41) is 2.37. The van der Waals surface area contributed by atoms with Crippen molar-refractivity contribution in [1.82, 2.24) is 5.32 Å². The third-order valence-corrected chi connectivity index (χ3v) is 4.03. The first-order chi connectivity index (χ1) is 11.5. The molecule has 1 amide bonds. The normalized spacial score (nSPS) is 14.0. The molecule has 0 spiro atoms. The number of carbonyl (C=O) groups is 2. The van der Waals surface area contributed by atoms with Crippen LogP contribution in [0.2, 0.25) is 5.02 Å². The van der Waals surface area contributed by atoms with Crippen molar-refractivity contribution in [1.29, 1.82) is 0 Å². The molecule has 1 aromatic carbocycles. The predicted octanol–water partition coefficient (Wildman–Crippen LogP) is 3.78. The minimum Gasteiger partial charge on any atom is -0.452 e. The minimum atomic E-state index is -1.21. The number of nitrogens with one attached hydrogen (secondary N) is 1.